The normalized spacial score (nSPS) is 22.8. The van der Waals surface area contributed by atoms with E-state index in [1.807, 2.05) is 31.4 Å². The number of Topliss-reactive ketones (excluding diaryl/α,β-unsaturated/α-hetero) is 1. The summed E-state index contributed by atoms with van der Waals surface area (Å²) < 4.78 is 7.84. The lowest BCUT2D eigenvalue weighted by Crippen LogP contribution is -2.29. The van der Waals surface area contributed by atoms with Crippen LogP contribution in [0.4, 0.5) is 0 Å². The molecule has 0 unspecified atom stereocenters. The molecule has 6 nitrogen and oxygen atoms in total. The molecule has 37 heavy (non-hydrogen) atoms. The first-order valence-electron chi connectivity index (χ1n) is 14.4. The van der Waals surface area contributed by atoms with Gasteiger partial charge in [-0.25, -0.2) is 4.98 Å². The van der Waals surface area contributed by atoms with Crippen LogP contribution in [0.25, 0.3) is 10.9 Å². The third-order valence-electron chi connectivity index (χ3n) is 9.00. The van der Waals surface area contributed by atoms with E-state index in [9.17, 15) is 4.79 Å². The average molecular weight is 501 g/mol. The van der Waals surface area contributed by atoms with Gasteiger partial charge in [-0.15, -0.1) is 0 Å². The predicted octanol–water partition coefficient (Wildman–Crippen LogP) is 5.77. The van der Waals surface area contributed by atoms with Crippen molar-refractivity contribution in [2.24, 2.45) is 18.9 Å². The van der Waals surface area contributed by atoms with Gasteiger partial charge in [0, 0.05) is 61.9 Å². The van der Waals surface area contributed by atoms with Crippen LogP contribution in [0.2, 0.25) is 0 Å². The lowest BCUT2D eigenvalue weighted by atomic mass is 9.78. The number of rotatable bonds is 8. The number of hydrogen-bond acceptors (Lipinski definition) is 5. The number of pyridine rings is 1. The van der Waals surface area contributed by atoms with E-state index in [1.54, 1.807) is 4.68 Å². The van der Waals surface area contributed by atoms with E-state index in [2.05, 4.69) is 22.1 Å². The third kappa shape index (κ3) is 5.74. The Morgan fingerprint density at radius 1 is 1.00 bits per heavy atom. The Hall–Kier alpha value is -2.73. The van der Waals surface area contributed by atoms with E-state index in [0.717, 1.165) is 54.2 Å². The van der Waals surface area contributed by atoms with Crippen LogP contribution in [0.1, 0.15) is 79.4 Å². The quantitative estimate of drug-likeness (QED) is 0.368. The Morgan fingerprint density at radius 2 is 1.81 bits per heavy atom. The highest BCUT2D eigenvalue weighted by Crippen LogP contribution is 2.34. The molecule has 1 aromatic carbocycles. The Labute approximate surface area is 220 Å². The number of benzene rings is 1. The molecule has 1 aliphatic heterocycles. The van der Waals surface area contributed by atoms with Crippen LogP contribution in [-0.2, 0) is 19.9 Å². The molecule has 0 saturated heterocycles. The van der Waals surface area contributed by atoms with Gasteiger partial charge in [-0.05, 0) is 75.0 Å². The fourth-order valence-electron chi connectivity index (χ4n) is 6.42. The summed E-state index contributed by atoms with van der Waals surface area (Å²) in [4.78, 5) is 20.6. The van der Waals surface area contributed by atoms with Gasteiger partial charge in [0.05, 0.1) is 5.52 Å². The van der Waals surface area contributed by atoms with E-state index in [-0.39, 0.29) is 5.78 Å². The van der Waals surface area contributed by atoms with Crippen molar-refractivity contribution in [3.8, 4) is 5.88 Å². The molecular formula is C31H40N4O2. The van der Waals surface area contributed by atoms with Crippen LogP contribution < -0.4 is 4.74 Å². The summed E-state index contributed by atoms with van der Waals surface area (Å²) in [6.07, 6.45) is 14.9. The van der Waals surface area contributed by atoms with Crippen molar-refractivity contribution in [1.82, 2.24) is 19.7 Å². The van der Waals surface area contributed by atoms with Gasteiger partial charge >= 0.3 is 0 Å². The Balaban J connectivity index is 0.948. The minimum Gasteiger partial charge on any atom is -0.474 e. The zero-order chi connectivity index (χ0) is 25.2. The molecule has 0 bridgehead atoms. The van der Waals surface area contributed by atoms with E-state index in [1.165, 1.54) is 69.2 Å². The second-order valence-electron chi connectivity index (χ2n) is 11.6. The highest BCUT2D eigenvalue weighted by molar-refractivity contribution is 6.07. The molecule has 3 heterocycles. The minimum absolute atomic E-state index is 0.279. The number of ether oxygens (including phenoxy) is 1. The number of carbonyl (C=O) groups excluding carboxylic acids is 1. The van der Waals surface area contributed by atoms with Crippen LogP contribution in [-0.4, -0.2) is 51.2 Å². The zero-order valence-corrected chi connectivity index (χ0v) is 22.2. The van der Waals surface area contributed by atoms with Gasteiger partial charge in [0.25, 0.3) is 0 Å². The van der Waals surface area contributed by atoms with E-state index in [4.69, 9.17) is 9.72 Å². The molecule has 0 radical (unpaired) electrons. The fourth-order valence-corrected chi connectivity index (χ4v) is 6.42. The summed E-state index contributed by atoms with van der Waals surface area (Å²) in [5.41, 5.74) is 4.39. The molecule has 2 aliphatic carbocycles. The molecule has 3 aromatic rings. The molecule has 2 aromatic heterocycles. The van der Waals surface area contributed by atoms with Gasteiger partial charge in [-0.1, -0.05) is 31.0 Å². The van der Waals surface area contributed by atoms with Crippen molar-refractivity contribution >= 4 is 16.7 Å². The van der Waals surface area contributed by atoms with Crippen molar-refractivity contribution in [1.29, 1.82) is 0 Å². The molecule has 0 atom stereocenters. The highest BCUT2D eigenvalue weighted by Gasteiger charge is 2.26. The number of ketones is 1. The molecule has 6 heteroatoms. The van der Waals surface area contributed by atoms with Gasteiger partial charge in [0.2, 0.25) is 5.88 Å². The lowest BCUT2D eigenvalue weighted by molar-refractivity contribution is 0.0941. The monoisotopic (exact) mass is 500 g/mol. The maximum absolute atomic E-state index is 13.1. The average Bonchev–Trinajstić information content (AvgIpc) is 3.15. The number of carbonyl (C=O) groups is 1. The van der Waals surface area contributed by atoms with E-state index in [0.29, 0.717) is 18.4 Å². The maximum atomic E-state index is 13.1. The van der Waals surface area contributed by atoms with Gasteiger partial charge < -0.3 is 9.64 Å². The number of nitrogens with zero attached hydrogens (tertiary/aromatic N) is 4. The second-order valence-corrected chi connectivity index (χ2v) is 11.6. The number of aromatic nitrogens is 3. The summed E-state index contributed by atoms with van der Waals surface area (Å²) in [6, 6.07) is 10.2. The SMILES string of the molecule is Cn1cc2c(C(=O)CC3CCC(CCN4CCc5ccc(OC6CCC6)nc5CC4)CC3)cccc2n1. The Kier molecular flexibility index (Phi) is 7.27. The van der Waals surface area contributed by atoms with E-state index < -0.39 is 0 Å². The van der Waals surface area contributed by atoms with Crippen molar-refractivity contribution in [2.45, 2.75) is 76.7 Å². The molecule has 2 fully saturated rings. The second kappa shape index (κ2) is 10.9. The van der Waals surface area contributed by atoms with Crippen LogP contribution in [0.15, 0.2) is 36.5 Å². The summed E-state index contributed by atoms with van der Waals surface area (Å²) >= 11 is 0. The molecule has 0 spiro atoms. The first-order chi connectivity index (χ1) is 18.1. The first kappa shape index (κ1) is 24.6. The topological polar surface area (TPSA) is 60.2 Å². The molecular weight excluding hydrogens is 460 g/mol. The minimum atomic E-state index is 0.279. The molecule has 3 aliphatic rings. The van der Waals surface area contributed by atoms with Crippen molar-refractivity contribution < 1.29 is 9.53 Å². The smallest absolute Gasteiger partial charge is 0.213 e. The van der Waals surface area contributed by atoms with E-state index >= 15 is 0 Å². The van der Waals surface area contributed by atoms with Gasteiger partial charge in [0.15, 0.2) is 5.78 Å². The molecule has 6 rings (SSSR count). The molecule has 196 valence electrons. The third-order valence-corrected chi connectivity index (χ3v) is 9.00. The standard InChI is InChI=1S/C31H40N4O2/c1-34-21-27-26(6-3-7-29(27)33-34)30(36)20-23-10-8-22(9-11-23)14-17-35-18-15-24-12-13-31(32-28(24)16-19-35)37-25-4-2-5-25/h3,6-7,12-13,21-23,25H,2,4-5,8-11,14-20H2,1H3. The maximum Gasteiger partial charge on any atom is 0.213 e. The summed E-state index contributed by atoms with van der Waals surface area (Å²) in [7, 11) is 1.92. The number of aryl methyl sites for hydroxylation is 1. The van der Waals surface area contributed by atoms with Crippen molar-refractivity contribution in [3.63, 3.8) is 0 Å². The summed E-state index contributed by atoms with van der Waals surface area (Å²) in [5, 5.41) is 5.45. The van der Waals surface area contributed by atoms with Crippen molar-refractivity contribution in [2.75, 3.05) is 19.6 Å². The molecule has 0 N–H and O–H groups in total. The Morgan fingerprint density at radius 3 is 2.62 bits per heavy atom. The number of fused-ring (bicyclic) bond motifs is 2. The predicted molar refractivity (Wildman–Crippen MR) is 146 cm³/mol. The lowest BCUT2D eigenvalue weighted by Gasteiger charge is -2.30. The van der Waals surface area contributed by atoms with Gasteiger partial charge in [0.1, 0.15) is 6.10 Å². The van der Waals surface area contributed by atoms with Crippen LogP contribution in [0.5, 0.6) is 5.88 Å². The fraction of sp³-hybridized carbons (Fsp3) is 0.581. The number of hydrogen-bond donors (Lipinski definition) is 0. The van der Waals surface area contributed by atoms with Crippen LogP contribution in [0, 0.1) is 11.8 Å². The van der Waals surface area contributed by atoms with Gasteiger partial charge in [-0.3, -0.25) is 9.48 Å². The zero-order valence-electron chi connectivity index (χ0n) is 22.2. The highest BCUT2D eigenvalue weighted by atomic mass is 16.5. The van der Waals surface area contributed by atoms with Crippen molar-refractivity contribution in [3.05, 3.63) is 53.3 Å². The summed E-state index contributed by atoms with van der Waals surface area (Å²) in [6.45, 7) is 3.40. The largest absolute Gasteiger partial charge is 0.474 e. The van der Waals surface area contributed by atoms with Crippen LogP contribution >= 0.6 is 0 Å². The molecule has 0 amide bonds. The van der Waals surface area contributed by atoms with Gasteiger partial charge in [-0.2, -0.15) is 5.10 Å². The summed E-state index contributed by atoms with van der Waals surface area (Å²) in [5.74, 6) is 2.41. The van der Waals surface area contributed by atoms with Crippen LogP contribution in [0.3, 0.4) is 0 Å². The Bertz CT molecular complexity index is 1240. The first-order valence-corrected chi connectivity index (χ1v) is 14.4. The molecule has 2 saturated carbocycles.